The van der Waals surface area contributed by atoms with Crippen molar-refractivity contribution >= 4 is 0 Å². The van der Waals surface area contributed by atoms with Crippen LogP contribution in [-0.4, -0.2) is 6.61 Å². The molecule has 0 aromatic heterocycles. The SMILES string of the molecule is C[C@H](N)c1c(F)cccc1OCCC(C)(C)C. The van der Waals surface area contributed by atoms with Crippen molar-refractivity contribution < 1.29 is 9.13 Å². The third-order valence-electron chi connectivity index (χ3n) is 2.58. The van der Waals surface area contributed by atoms with Crippen molar-refractivity contribution in [2.24, 2.45) is 11.1 Å². The number of rotatable bonds is 4. The zero-order valence-electron chi connectivity index (χ0n) is 11.1. The quantitative estimate of drug-likeness (QED) is 0.870. The first kappa shape index (κ1) is 14.0. The topological polar surface area (TPSA) is 35.2 Å². The number of ether oxygens (including phenoxy) is 1. The Kier molecular flexibility index (Phi) is 4.52. The number of hydrogen-bond donors (Lipinski definition) is 1. The molecule has 1 rings (SSSR count). The summed E-state index contributed by atoms with van der Waals surface area (Å²) in [6, 6.07) is 4.47. The highest BCUT2D eigenvalue weighted by Crippen LogP contribution is 2.27. The standard InChI is InChI=1S/C14H22FNO/c1-10(16)13-11(15)6-5-7-12(13)17-9-8-14(2,3)4/h5-7,10H,8-9,16H2,1-4H3/t10-/m0/s1. The lowest BCUT2D eigenvalue weighted by Crippen LogP contribution is -2.14. The minimum Gasteiger partial charge on any atom is -0.493 e. The van der Waals surface area contributed by atoms with Crippen LogP contribution in [0.5, 0.6) is 5.75 Å². The Balaban J connectivity index is 2.74. The van der Waals surface area contributed by atoms with E-state index in [-0.39, 0.29) is 17.3 Å². The normalized spacial score (nSPS) is 13.5. The van der Waals surface area contributed by atoms with E-state index < -0.39 is 0 Å². The largest absolute Gasteiger partial charge is 0.493 e. The molecule has 0 amide bonds. The van der Waals surface area contributed by atoms with Gasteiger partial charge < -0.3 is 10.5 Å². The molecule has 0 heterocycles. The van der Waals surface area contributed by atoms with Gasteiger partial charge >= 0.3 is 0 Å². The van der Waals surface area contributed by atoms with Crippen molar-refractivity contribution in [3.8, 4) is 5.75 Å². The second-order valence-corrected chi connectivity index (χ2v) is 5.60. The van der Waals surface area contributed by atoms with Gasteiger partial charge in [-0.2, -0.15) is 0 Å². The molecule has 2 N–H and O–H groups in total. The maximum atomic E-state index is 13.6. The lowest BCUT2D eigenvalue weighted by molar-refractivity contribution is 0.239. The molecule has 0 spiro atoms. The summed E-state index contributed by atoms with van der Waals surface area (Å²) in [5.41, 5.74) is 6.42. The smallest absolute Gasteiger partial charge is 0.131 e. The fourth-order valence-electron chi connectivity index (χ4n) is 1.55. The van der Waals surface area contributed by atoms with E-state index in [1.807, 2.05) is 0 Å². The van der Waals surface area contributed by atoms with E-state index in [1.54, 1.807) is 19.1 Å². The first-order chi connectivity index (χ1) is 7.81. The van der Waals surface area contributed by atoms with Crippen molar-refractivity contribution in [3.05, 3.63) is 29.6 Å². The Labute approximate surface area is 103 Å². The van der Waals surface area contributed by atoms with E-state index in [4.69, 9.17) is 10.5 Å². The first-order valence-corrected chi connectivity index (χ1v) is 5.98. The monoisotopic (exact) mass is 239 g/mol. The van der Waals surface area contributed by atoms with Gasteiger partial charge in [0.2, 0.25) is 0 Å². The van der Waals surface area contributed by atoms with Crippen LogP contribution in [-0.2, 0) is 0 Å². The molecule has 0 aliphatic rings. The van der Waals surface area contributed by atoms with Gasteiger partial charge in [0.1, 0.15) is 11.6 Å². The highest BCUT2D eigenvalue weighted by molar-refractivity contribution is 5.36. The molecule has 1 aromatic rings. The second kappa shape index (κ2) is 5.50. The van der Waals surface area contributed by atoms with Crippen molar-refractivity contribution in [2.75, 3.05) is 6.61 Å². The maximum absolute atomic E-state index is 13.6. The van der Waals surface area contributed by atoms with Crippen LogP contribution in [0.3, 0.4) is 0 Å². The van der Waals surface area contributed by atoms with Crippen LogP contribution < -0.4 is 10.5 Å². The summed E-state index contributed by atoms with van der Waals surface area (Å²) < 4.78 is 19.2. The van der Waals surface area contributed by atoms with E-state index in [1.165, 1.54) is 6.07 Å². The van der Waals surface area contributed by atoms with Crippen molar-refractivity contribution in [1.82, 2.24) is 0 Å². The highest BCUT2D eigenvalue weighted by Gasteiger charge is 2.15. The fraction of sp³-hybridized carbons (Fsp3) is 0.571. The van der Waals surface area contributed by atoms with E-state index in [0.717, 1.165) is 6.42 Å². The Hall–Kier alpha value is -1.09. The lowest BCUT2D eigenvalue weighted by Gasteiger charge is -2.20. The Bertz CT molecular complexity index is 369. The van der Waals surface area contributed by atoms with Crippen LogP contribution in [0, 0.1) is 11.2 Å². The lowest BCUT2D eigenvalue weighted by atomic mass is 9.93. The van der Waals surface area contributed by atoms with Crippen molar-refractivity contribution in [2.45, 2.75) is 40.2 Å². The van der Waals surface area contributed by atoms with Gasteiger partial charge in [-0.25, -0.2) is 4.39 Å². The Morgan fingerprint density at radius 1 is 1.35 bits per heavy atom. The molecular formula is C14H22FNO. The third kappa shape index (κ3) is 4.35. The Morgan fingerprint density at radius 3 is 2.53 bits per heavy atom. The van der Waals surface area contributed by atoms with Crippen LogP contribution in [0.4, 0.5) is 4.39 Å². The van der Waals surface area contributed by atoms with Gasteiger partial charge in [-0.15, -0.1) is 0 Å². The highest BCUT2D eigenvalue weighted by atomic mass is 19.1. The maximum Gasteiger partial charge on any atom is 0.131 e. The fourth-order valence-corrected chi connectivity index (χ4v) is 1.55. The molecule has 0 bridgehead atoms. The summed E-state index contributed by atoms with van der Waals surface area (Å²) in [7, 11) is 0. The minimum atomic E-state index is -0.360. The predicted octanol–water partition coefficient (Wildman–Crippen LogP) is 3.66. The van der Waals surface area contributed by atoms with Crippen LogP contribution in [0.15, 0.2) is 18.2 Å². The van der Waals surface area contributed by atoms with Crippen LogP contribution in [0.1, 0.15) is 45.7 Å². The molecule has 0 saturated heterocycles. The van der Waals surface area contributed by atoms with Gasteiger partial charge in [-0.1, -0.05) is 26.8 Å². The number of benzene rings is 1. The average Bonchev–Trinajstić information content (AvgIpc) is 2.14. The van der Waals surface area contributed by atoms with Crippen LogP contribution in [0.2, 0.25) is 0 Å². The zero-order chi connectivity index (χ0) is 13.1. The number of halogens is 1. The molecule has 3 heteroatoms. The Morgan fingerprint density at radius 2 is 2.00 bits per heavy atom. The van der Waals surface area contributed by atoms with Gasteiger partial charge in [0, 0.05) is 11.6 Å². The molecular weight excluding hydrogens is 217 g/mol. The van der Waals surface area contributed by atoms with Crippen LogP contribution >= 0.6 is 0 Å². The summed E-state index contributed by atoms with van der Waals surface area (Å²) in [5, 5.41) is 0. The number of nitrogens with two attached hydrogens (primary N) is 1. The molecule has 0 fully saturated rings. The second-order valence-electron chi connectivity index (χ2n) is 5.60. The molecule has 2 nitrogen and oxygen atoms in total. The van der Waals surface area contributed by atoms with E-state index in [9.17, 15) is 4.39 Å². The predicted molar refractivity (Wildman–Crippen MR) is 68.6 cm³/mol. The molecule has 17 heavy (non-hydrogen) atoms. The molecule has 1 aromatic carbocycles. The molecule has 1 atom stereocenters. The first-order valence-electron chi connectivity index (χ1n) is 5.98. The van der Waals surface area contributed by atoms with Gasteiger partial charge in [0.15, 0.2) is 0 Å². The summed E-state index contributed by atoms with van der Waals surface area (Å²) in [5.74, 6) is 0.262. The molecule has 0 saturated carbocycles. The minimum absolute atomic E-state index is 0.210. The van der Waals surface area contributed by atoms with Gasteiger partial charge in [-0.3, -0.25) is 0 Å². The summed E-state index contributed by atoms with van der Waals surface area (Å²) in [6.45, 7) is 8.78. The summed E-state index contributed by atoms with van der Waals surface area (Å²) >= 11 is 0. The van der Waals surface area contributed by atoms with Crippen molar-refractivity contribution in [3.63, 3.8) is 0 Å². The van der Waals surface area contributed by atoms with Crippen LogP contribution in [0.25, 0.3) is 0 Å². The average molecular weight is 239 g/mol. The molecule has 0 radical (unpaired) electrons. The van der Waals surface area contributed by atoms with Gasteiger partial charge in [-0.05, 0) is 30.9 Å². The molecule has 0 aliphatic carbocycles. The zero-order valence-corrected chi connectivity index (χ0v) is 11.1. The van der Waals surface area contributed by atoms with Crippen molar-refractivity contribution in [1.29, 1.82) is 0 Å². The summed E-state index contributed by atoms with van der Waals surface area (Å²) in [4.78, 5) is 0. The molecule has 96 valence electrons. The van der Waals surface area contributed by atoms with E-state index in [2.05, 4.69) is 20.8 Å². The van der Waals surface area contributed by atoms with Gasteiger partial charge in [0.25, 0.3) is 0 Å². The third-order valence-corrected chi connectivity index (χ3v) is 2.58. The van der Waals surface area contributed by atoms with E-state index in [0.29, 0.717) is 17.9 Å². The summed E-state index contributed by atoms with van der Waals surface area (Å²) in [6.07, 6.45) is 0.919. The van der Waals surface area contributed by atoms with Gasteiger partial charge in [0.05, 0.1) is 6.61 Å². The molecule has 0 aliphatic heterocycles. The van der Waals surface area contributed by atoms with E-state index >= 15 is 0 Å². The number of hydrogen-bond acceptors (Lipinski definition) is 2. The molecule has 0 unspecified atom stereocenters.